The van der Waals surface area contributed by atoms with Gasteiger partial charge in [-0.1, -0.05) is 47.5 Å². The Morgan fingerprint density at radius 1 is 0.833 bits per heavy atom. The van der Waals surface area contributed by atoms with E-state index in [0.29, 0.717) is 10.2 Å². The predicted molar refractivity (Wildman–Crippen MR) is 184 cm³/mol. The first-order chi connectivity index (χ1) is 18.4. The number of nitrogens with zero attached hydrogens (tertiary/aromatic N) is 6. The second kappa shape index (κ2) is 29.6. The molecule has 0 unspecified atom stereocenters. The molecule has 5 rings (SSSR count). The topological polar surface area (TPSA) is 178 Å². The van der Waals surface area contributed by atoms with E-state index < -0.39 is 0 Å². The zero-order valence-corrected chi connectivity index (χ0v) is 32.1. The standard InChI is InChI=1S/C8H10N4.C8H8N2.C8H10.C2H2O2.HI.K.H3N.OS3.H2O.H/c1-11-5-3-9-7(11)8-10-4-6-12(8)2;1-3-7(9-5-1)8-4-2-6-10-8;1-7-3-5-8(2)6-4-7;3-1-2-4;;;;1-3-4-2;;/h3-6H,1-2H3;1-2,5-6H,3-4H2;3-6H,1-2H3;1-2H;1H;;1H3;;1H2;/q;;;;;+1;;;;-1. The summed E-state index contributed by atoms with van der Waals surface area (Å²) in [7, 11) is 5.05. The minimum absolute atomic E-state index is 0. The van der Waals surface area contributed by atoms with Gasteiger partial charge in [-0.2, -0.15) is 4.21 Å². The molecule has 226 valence electrons. The quantitative estimate of drug-likeness (QED) is 0.178. The number of benzene rings is 1. The van der Waals surface area contributed by atoms with E-state index in [1.807, 2.05) is 48.0 Å². The SMILES string of the molecule is C1=CN=C(C2=NC=CC2)C1.Cc1ccc(C)cc1.Cn1ccnc1-c1nccn1C.I.N.O.O=CC=O.O=S=S=S.[H-].[K+]. The molecule has 2 aromatic heterocycles. The molecular weight excluding hydrogens is 737 g/mol. The predicted octanol–water partition coefficient (Wildman–Crippen LogP) is 0.942. The third kappa shape index (κ3) is 19.7. The van der Waals surface area contributed by atoms with Gasteiger partial charge >= 0.3 is 51.4 Å². The Kier molecular flexibility index (Phi) is 33.5. The summed E-state index contributed by atoms with van der Waals surface area (Å²) in [6, 6.07) is 8.48. The molecule has 5 N–H and O–H groups in total. The molecule has 4 heterocycles. The molecule has 0 saturated carbocycles. The van der Waals surface area contributed by atoms with Gasteiger partial charge in [-0.25, -0.2) is 9.97 Å². The first-order valence-corrected chi connectivity index (χ1v) is 14.3. The Morgan fingerprint density at radius 2 is 1.17 bits per heavy atom. The second-order valence-corrected chi connectivity index (χ2v) is 9.93. The summed E-state index contributed by atoms with van der Waals surface area (Å²) in [5.74, 6) is 1.78. The van der Waals surface area contributed by atoms with E-state index in [1.54, 1.807) is 12.4 Å². The van der Waals surface area contributed by atoms with Crippen LogP contribution in [0.3, 0.4) is 0 Å². The number of hydrogen-bond donors (Lipinski definition) is 1. The maximum atomic E-state index is 9.07. The van der Waals surface area contributed by atoms with E-state index >= 15 is 0 Å². The van der Waals surface area contributed by atoms with Gasteiger partial charge in [-0.15, -0.1) is 24.0 Å². The number of aliphatic imine (C=N–C) groups is 2. The van der Waals surface area contributed by atoms with E-state index in [9.17, 15) is 0 Å². The minimum Gasteiger partial charge on any atom is -1.00 e. The van der Waals surface area contributed by atoms with Crippen LogP contribution in [0.5, 0.6) is 0 Å². The van der Waals surface area contributed by atoms with Crippen molar-refractivity contribution < 1.29 is 72.1 Å². The molecule has 0 fully saturated rings. The molecule has 3 aromatic rings. The van der Waals surface area contributed by atoms with Crippen molar-refractivity contribution >= 4 is 78.3 Å². The van der Waals surface area contributed by atoms with Crippen molar-refractivity contribution in [3.63, 3.8) is 0 Å². The number of halogens is 1. The van der Waals surface area contributed by atoms with Crippen LogP contribution in [0.2, 0.25) is 0 Å². The van der Waals surface area contributed by atoms with Crippen molar-refractivity contribution in [2.45, 2.75) is 26.7 Å². The summed E-state index contributed by atoms with van der Waals surface area (Å²) in [6.07, 6.45) is 17.4. The number of rotatable bonds is 3. The molecule has 0 saturated heterocycles. The number of carbonyl (C=O) groups is 2. The van der Waals surface area contributed by atoms with E-state index in [4.69, 9.17) is 13.8 Å². The molecular formula is C26H37IKN7O4S3. The van der Waals surface area contributed by atoms with E-state index in [1.165, 1.54) is 11.1 Å². The number of allylic oxidation sites excluding steroid dienone is 2. The third-order valence-corrected chi connectivity index (χ3v) is 5.49. The first kappa shape index (κ1) is 47.5. The largest absolute Gasteiger partial charge is 1.00 e. The Balaban J connectivity index is -0.000000144. The first-order valence-electron chi connectivity index (χ1n) is 11.3. The van der Waals surface area contributed by atoms with Crippen molar-refractivity contribution in [1.29, 1.82) is 0 Å². The van der Waals surface area contributed by atoms with Crippen LogP contribution in [-0.4, -0.2) is 52.8 Å². The Morgan fingerprint density at radius 3 is 1.36 bits per heavy atom. The normalized spacial score (nSPS) is 10.9. The van der Waals surface area contributed by atoms with Crippen LogP contribution in [0, 0.1) is 13.8 Å². The smallest absolute Gasteiger partial charge is 1.00 e. The molecule has 0 aliphatic carbocycles. The van der Waals surface area contributed by atoms with Crippen LogP contribution >= 0.6 is 24.0 Å². The summed E-state index contributed by atoms with van der Waals surface area (Å²) in [6.45, 7) is 4.19. The van der Waals surface area contributed by atoms with Gasteiger partial charge in [0.05, 0.1) is 11.4 Å². The maximum Gasteiger partial charge on any atom is 1.00 e. The van der Waals surface area contributed by atoms with Gasteiger partial charge in [0.1, 0.15) is 0 Å². The molecule has 0 atom stereocenters. The van der Waals surface area contributed by atoms with Crippen LogP contribution in [0.4, 0.5) is 0 Å². The molecule has 42 heavy (non-hydrogen) atoms. The van der Waals surface area contributed by atoms with Gasteiger partial charge in [0, 0.05) is 84.2 Å². The van der Waals surface area contributed by atoms with Crippen molar-refractivity contribution in [3.05, 3.63) is 84.7 Å². The Hall–Kier alpha value is -1.45. The number of hydrogen-bond acceptors (Lipinski definition) is 9. The van der Waals surface area contributed by atoms with Crippen molar-refractivity contribution in [1.82, 2.24) is 25.3 Å². The molecule has 2 aliphatic heterocycles. The number of aryl methyl sites for hydroxylation is 4. The molecule has 1 aromatic carbocycles. The van der Waals surface area contributed by atoms with Crippen LogP contribution in [0.1, 0.15) is 25.4 Å². The van der Waals surface area contributed by atoms with Crippen molar-refractivity contribution in [2.24, 2.45) is 24.1 Å². The van der Waals surface area contributed by atoms with Gasteiger partial charge in [0.15, 0.2) is 34.4 Å². The maximum absolute atomic E-state index is 9.07. The average molecular weight is 774 g/mol. The van der Waals surface area contributed by atoms with Gasteiger partial charge < -0.3 is 22.2 Å². The Bertz CT molecular complexity index is 1280. The molecule has 2 aliphatic rings. The molecule has 11 nitrogen and oxygen atoms in total. The van der Waals surface area contributed by atoms with Crippen LogP contribution < -0.4 is 57.5 Å². The number of aromatic nitrogens is 4. The number of carbonyl (C=O) groups excluding carboxylic acids is 2. The van der Waals surface area contributed by atoms with E-state index in [2.05, 4.69) is 81.4 Å². The zero-order valence-electron chi connectivity index (χ0n) is 25.2. The van der Waals surface area contributed by atoms with Gasteiger partial charge in [-0.05, 0) is 13.8 Å². The second-order valence-electron chi connectivity index (χ2n) is 7.62. The fourth-order valence-corrected chi connectivity index (χ4v) is 2.90. The summed E-state index contributed by atoms with van der Waals surface area (Å²) < 4.78 is 13.0. The molecule has 0 amide bonds. The van der Waals surface area contributed by atoms with Crippen molar-refractivity contribution in [3.8, 4) is 11.6 Å². The Labute approximate surface area is 318 Å². The van der Waals surface area contributed by atoms with Crippen molar-refractivity contribution in [2.75, 3.05) is 0 Å². The summed E-state index contributed by atoms with van der Waals surface area (Å²) >= 11 is 4.12. The van der Waals surface area contributed by atoms with Crippen LogP contribution in [0.25, 0.3) is 11.6 Å². The zero-order chi connectivity index (χ0) is 28.2. The summed E-state index contributed by atoms with van der Waals surface area (Å²) in [5.41, 5.74) is 4.92. The van der Waals surface area contributed by atoms with Crippen LogP contribution in [0.15, 0.2) is 83.6 Å². The molecule has 16 heteroatoms. The summed E-state index contributed by atoms with van der Waals surface area (Å²) in [4.78, 5) is 34.4. The van der Waals surface area contributed by atoms with E-state index in [0.717, 1.165) is 44.8 Å². The molecule has 0 spiro atoms. The fourth-order valence-electron chi connectivity index (χ4n) is 2.90. The fraction of sp³-hybridized carbons (Fsp3) is 0.231. The van der Waals surface area contributed by atoms with Gasteiger partial charge in [0.2, 0.25) is 0 Å². The van der Waals surface area contributed by atoms with E-state index in [-0.39, 0.29) is 101 Å². The number of imidazole rings is 2. The molecule has 0 bridgehead atoms. The third-order valence-electron chi connectivity index (χ3n) is 4.77. The number of aldehydes is 2. The molecule has 0 radical (unpaired) electrons. The average Bonchev–Trinajstić information content (AvgIpc) is 3.75. The van der Waals surface area contributed by atoms with Gasteiger partial charge in [0.25, 0.3) is 0 Å². The minimum atomic E-state index is 0. The monoisotopic (exact) mass is 773 g/mol. The van der Waals surface area contributed by atoms with Gasteiger partial charge in [-0.3, -0.25) is 19.6 Å². The summed E-state index contributed by atoms with van der Waals surface area (Å²) in [5, 5.41) is 0. The van der Waals surface area contributed by atoms with Crippen LogP contribution in [-0.2, 0) is 54.0 Å².